The lowest BCUT2D eigenvalue weighted by Crippen LogP contribution is -2.50. The number of halogens is 4. The molecule has 1 aliphatic heterocycles. The summed E-state index contributed by atoms with van der Waals surface area (Å²) in [5, 5.41) is 2.83. The van der Waals surface area contributed by atoms with E-state index in [1.807, 2.05) is 24.1 Å². The first-order valence-corrected chi connectivity index (χ1v) is 12.7. The zero-order chi connectivity index (χ0) is 22.6. The van der Waals surface area contributed by atoms with Gasteiger partial charge in [0.25, 0.3) is 0 Å². The van der Waals surface area contributed by atoms with E-state index in [1.165, 1.54) is 4.90 Å². The van der Waals surface area contributed by atoms with Crippen LogP contribution in [0.5, 0.6) is 0 Å². The van der Waals surface area contributed by atoms with Gasteiger partial charge >= 0.3 is 0 Å². The van der Waals surface area contributed by atoms with Crippen LogP contribution in [0.4, 0.5) is 0 Å². The van der Waals surface area contributed by atoms with Gasteiger partial charge in [0.2, 0.25) is 11.8 Å². The Labute approximate surface area is 203 Å². The summed E-state index contributed by atoms with van der Waals surface area (Å²) in [5.41, 5.74) is 0. The summed E-state index contributed by atoms with van der Waals surface area (Å²) in [6, 6.07) is -0.748. The molecule has 0 saturated carbocycles. The number of carbonyl (C=O) groups is 2. The third-order valence-corrected chi connectivity index (χ3v) is 8.23. The number of aromatic nitrogens is 1. The van der Waals surface area contributed by atoms with Gasteiger partial charge in [-0.3, -0.25) is 9.59 Å². The predicted molar refractivity (Wildman–Crippen MR) is 125 cm³/mol. The van der Waals surface area contributed by atoms with Gasteiger partial charge in [-0.2, -0.15) is 0 Å². The van der Waals surface area contributed by atoms with Crippen molar-refractivity contribution in [2.24, 2.45) is 17.8 Å². The number of hydrogen-bond donors (Lipinski definition) is 0. The summed E-state index contributed by atoms with van der Waals surface area (Å²) in [7, 11) is 1.65. The molecule has 1 aromatic heterocycles. The molecule has 1 fully saturated rings. The molecule has 0 unspecified atom stereocenters. The molecule has 0 aromatic carbocycles. The summed E-state index contributed by atoms with van der Waals surface area (Å²) in [5.74, 6) is -0.318. The van der Waals surface area contributed by atoms with E-state index in [9.17, 15) is 9.59 Å². The summed E-state index contributed by atoms with van der Waals surface area (Å²) in [6.07, 6.45) is 3.13. The Morgan fingerprint density at radius 3 is 2.40 bits per heavy atom. The zero-order valence-electron chi connectivity index (χ0n) is 17.6. The molecule has 2 amide bonds. The maximum Gasteiger partial charge on any atom is 0.245 e. The summed E-state index contributed by atoms with van der Waals surface area (Å²) in [6.45, 7) is 6.44. The van der Waals surface area contributed by atoms with E-state index in [0.717, 1.165) is 11.4 Å². The smallest absolute Gasteiger partial charge is 0.245 e. The maximum absolute atomic E-state index is 13.7. The van der Waals surface area contributed by atoms with Crippen molar-refractivity contribution in [1.29, 1.82) is 0 Å². The highest BCUT2D eigenvalue weighted by Gasteiger charge is 2.41. The minimum Gasteiger partial charge on any atom is -0.334 e. The van der Waals surface area contributed by atoms with Crippen molar-refractivity contribution in [3.05, 3.63) is 16.6 Å². The monoisotopic (exact) mass is 515 g/mol. The van der Waals surface area contributed by atoms with Crippen molar-refractivity contribution in [3.63, 3.8) is 0 Å². The van der Waals surface area contributed by atoms with Crippen molar-refractivity contribution in [3.8, 4) is 0 Å². The average Bonchev–Trinajstić information content (AvgIpc) is 3.33. The zero-order valence-corrected chi connectivity index (χ0v) is 21.4. The number of hydrogen-bond acceptors (Lipinski definition) is 4. The van der Waals surface area contributed by atoms with Crippen LogP contribution in [-0.2, 0) is 9.59 Å². The number of likely N-dealkylation sites (N-methyl/N-ethyl adjacent to an activating group) is 1. The van der Waals surface area contributed by atoms with E-state index in [0.29, 0.717) is 18.9 Å². The molecule has 0 aliphatic carbocycles. The van der Waals surface area contributed by atoms with Crippen LogP contribution in [0, 0.1) is 17.8 Å². The lowest BCUT2D eigenvalue weighted by molar-refractivity contribution is -0.146. The molecule has 30 heavy (non-hydrogen) atoms. The van der Waals surface area contributed by atoms with Gasteiger partial charge in [-0.05, 0) is 30.6 Å². The first-order chi connectivity index (χ1) is 14.0. The Morgan fingerprint density at radius 1 is 1.23 bits per heavy atom. The molecular formula is C20H29Cl4N3O2S. The van der Waals surface area contributed by atoms with E-state index in [2.05, 4.69) is 11.9 Å². The van der Waals surface area contributed by atoms with Crippen LogP contribution in [0.3, 0.4) is 0 Å². The molecule has 5 nitrogen and oxygen atoms in total. The number of alkyl halides is 4. The van der Waals surface area contributed by atoms with Crippen molar-refractivity contribution < 1.29 is 9.59 Å². The fraction of sp³-hybridized carbons (Fsp3) is 0.750. The van der Waals surface area contributed by atoms with Gasteiger partial charge in [0.15, 0.2) is 0 Å². The predicted octanol–water partition coefficient (Wildman–Crippen LogP) is 5.54. The highest BCUT2D eigenvalue weighted by molar-refractivity contribution is 7.09. The molecule has 2 rings (SSSR count). The Hall–Kier alpha value is -0.270. The summed E-state index contributed by atoms with van der Waals surface area (Å²) >= 11 is 25.5. The lowest BCUT2D eigenvalue weighted by atomic mass is 9.99. The van der Waals surface area contributed by atoms with E-state index >= 15 is 0 Å². The number of thiazole rings is 1. The molecule has 0 bridgehead atoms. The van der Waals surface area contributed by atoms with E-state index in [4.69, 9.17) is 46.4 Å². The largest absolute Gasteiger partial charge is 0.334 e. The maximum atomic E-state index is 13.7. The van der Waals surface area contributed by atoms with Gasteiger partial charge in [-0.1, -0.05) is 20.8 Å². The van der Waals surface area contributed by atoms with Crippen LogP contribution in [0.2, 0.25) is 0 Å². The van der Waals surface area contributed by atoms with Crippen molar-refractivity contribution >= 4 is 69.6 Å². The minimum absolute atomic E-state index is 0.0782. The van der Waals surface area contributed by atoms with Crippen LogP contribution in [-0.4, -0.2) is 55.9 Å². The second kappa shape index (κ2) is 11.6. The molecule has 2 heterocycles. The van der Waals surface area contributed by atoms with Crippen molar-refractivity contribution in [2.75, 3.05) is 13.6 Å². The number of rotatable bonds is 9. The second-order valence-electron chi connectivity index (χ2n) is 8.30. The number of carbonyl (C=O) groups excluding carboxylic acids is 2. The standard InChI is InChI=1S/C20H29Cl4N3O2S/c1-11-7-14(19-25-5-6-30-19)27(10-11)20(29)15(8-12(2)17(21)22)26(4)16(28)9-13(3)18(23)24/h5-6,11-15,17-18H,7-10H2,1-4H3/t11-,12+,13+,14-,15+/m0/s1. The average molecular weight is 517 g/mol. The van der Waals surface area contributed by atoms with E-state index in [-0.39, 0.29) is 36.1 Å². The normalized spacial score (nSPS) is 22.4. The van der Waals surface area contributed by atoms with Gasteiger partial charge < -0.3 is 9.80 Å². The molecule has 5 atom stereocenters. The fourth-order valence-corrected chi connectivity index (χ4v) is 4.82. The Kier molecular flexibility index (Phi) is 10.0. The molecule has 10 heteroatoms. The Morgan fingerprint density at radius 2 is 1.87 bits per heavy atom. The van der Waals surface area contributed by atoms with E-state index < -0.39 is 15.7 Å². The quantitative estimate of drug-likeness (QED) is 0.405. The molecule has 1 aromatic rings. The van der Waals surface area contributed by atoms with Gasteiger partial charge in [-0.25, -0.2) is 4.98 Å². The number of likely N-dealkylation sites (tertiary alicyclic amines) is 1. The highest BCUT2D eigenvalue weighted by Crippen LogP contribution is 2.37. The molecular weight excluding hydrogens is 488 g/mol. The van der Waals surface area contributed by atoms with E-state index in [1.54, 1.807) is 24.6 Å². The Bertz CT molecular complexity index is 704. The van der Waals surface area contributed by atoms with Gasteiger partial charge in [-0.15, -0.1) is 57.7 Å². The number of amides is 2. The van der Waals surface area contributed by atoms with Crippen molar-refractivity contribution in [1.82, 2.24) is 14.8 Å². The first kappa shape index (κ1) is 26.0. The van der Waals surface area contributed by atoms with Gasteiger partial charge in [0, 0.05) is 31.6 Å². The topological polar surface area (TPSA) is 53.5 Å². The third kappa shape index (κ3) is 6.61. The highest BCUT2D eigenvalue weighted by atomic mass is 35.5. The first-order valence-electron chi connectivity index (χ1n) is 10.0. The molecule has 0 spiro atoms. The van der Waals surface area contributed by atoms with Crippen LogP contribution < -0.4 is 0 Å². The third-order valence-electron chi connectivity index (χ3n) is 5.63. The summed E-state index contributed by atoms with van der Waals surface area (Å²) < 4.78 is 0. The molecule has 0 radical (unpaired) electrons. The van der Waals surface area contributed by atoms with Gasteiger partial charge in [0.1, 0.15) is 20.7 Å². The minimum atomic E-state index is -0.670. The summed E-state index contributed by atoms with van der Waals surface area (Å²) in [4.78, 5) is 33.1. The SMILES string of the molecule is C[C@H]1C[C@@H](c2nccs2)N(C(=O)[C@@H](C[C@@H](C)C(Cl)Cl)N(C)C(=O)C[C@@H](C)C(Cl)Cl)C1. The molecule has 170 valence electrons. The molecule has 0 N–H and O–H groups in total. The second-order valence-corrected chi connectivity index (χ2v) is 11.6. The van der Waals surface area contributed by atoms with Crippen LogP contribution in [0.25, 0.3) is 0 Å². The fourth-order valence-electron chi connectivity index (χ4n) is 3.68. The number of nitrogens with zero attached hydrogens (tertiary/aromatic N) is 3. The lowest BCUT2D eigenvalue weighted by Gasteiger charge is -2.35. The Balaban J connectivity index is 2.26. The van der Waals surface area contributed by atoms with Crippen LogP contribution >= 0.6 is 57.7 Å². The van der Waals surface area contributed by atoms with Crippen LogP contribution in [0.15, 0.2) is 11.6 Å². The van der Waals surface area contributed by atoms with Crippen LogP contribution in [0.1, 0.15) is 51.1 Å². The van der Waals surface area contributed by atoms with Gasteiger partial charge in [0.05, 0.1) is 6.04 Å². The molecule has 1 saturated heterocycles. The molecule has 1 aliphatic rings. The van der Waals surface area contributed by atoms with Crippen molar-refractivity contribution in [2.45, 2.75) is 61.8 Å².